The van der Waals surface area contributed by atoms with E-state index in [2.05, 4.69) is 37.6 Å². The van der Waals surface area contributed by atoms with Gasteiger partial charge in [0.15, 0.2) is 0 Å². The fourth-order valence-electron chi connectivity index (χ4n) is 1.14. The summed E-state index contributed by atoms with van der Waals surface area (Å²) in [5, 5.41) is 0. The van der Waals surface area contributed by atoms with Crippen molar-refractivity contribution in [2.75, 3.05) is 6.54 Å². The van der Waals surface area contributed by atoms with E-state index in [0.29, 0.717) is 0 Å². The second-order valence-corrected chi connectivity index (χ2v) is 3.66. The van der Waals surface area contributed by atoms with Gasteiger partial charge in [-0.2, -0.15) is 0 Å². The molecule has 0 aliphatic carbocycles. The zero-order valence-electron chi connectivity index (χ0n) is 10.0. The van der Waals surface area contributed by atoms with E-state index < -0.39 is 0 Å². The predicted molar refractivity (Wildman–Crippen MR) is 66.0 cm³/mol. The lowest BCUT2D eigenvalue weighted by molar-refractivity contribution is 1.12. The van der Waals surface area contributed by atoms with Gasteiger partial charge in [0.2, 0.25) is 0 Å². The third-order valence-electron chi connectivity index (χ3n) is 1.83. The van der Waals surface area contributed by atoms with E-state index in [-0.39, 0.29) is 0 Å². The molecule has 0 bridgehead atoms. The topological polar surface area (TPSA) is 12.4 Å². The lowest BCUT2D eigenvalue weighted by atomic mass is 10.0. The first kappa shape index (κ1) is 12.9. The molecule has 0 aromatic rings. The molecule has 0 aliphatic rings. The molecule has 0 aliphatic heterocycles. The van der Waals surface area contributed by atoms with Crippen LogP contribution in [0, 0.1) is 0 Å². The number of hydrogen-bond acceptors (Lipinski definition) is 1. The molecule has 0 N–H and O–H groups in total. The summed E-state index contributed by atoms with van der Waals surface area (Å²) >= 11 is 0. The van der Waals surface area contributed by atoms with Gasteiger partial charge >= 0.3 is 0 Å². The first-order valence-corrected chi connectivity index (χ1v) is 5.01. The van der Waals surface area contributed by atoms with E-state index >= 15 is 0 Å². The van der Waals surface area contributed by atoms with Crippen LogP contribution in [0.1, 0.15) is 34.6 Å². The first-order chi connectivity index (χ1) is 6.49. The summed E-state index contributed by atoms with van der Waals surface area (Å²) in [7, 11) is 0. The Labute approximate surface area is 87.9 Å². The third kappa shape index (κ3) is 4.80. The average Bonchev–Trinajstić information content (AvgIpc) is 2.03. The highest BCUT2D eigenvalue weighted by molar-refractivity contribution is 6.02. The molecular formula is C13H21N. The molecule has 0 unspecified atom stereocenters. The molecule has 0 rings (SSSR count). The number of nitrogens with zero attached hydrogens (tertiary/aromatic N) is 1. The molecule has 1 heteroatoms. The monoisotopic (exact) mass is 191 g/mol. The lowest BCUT2D eigenvalue weighted by Crippen LogP contribution is -1.99. The zero-order chi connectivity index (χ0) is 11.1. The standard InChI is InChI=1S/C13H21N/c1-7-14-12(6)13(11(4)5)9-8-10(2)3/h8-9H,4,7H2,1-3,5-6H3/b13-9+,14-12?. The van der Waals surface area contributed by atoms with Crippen molar-refractivity contribution in [3.8, 4) is 0 Å². The summed E-state index contributed by atoms with van der Waals surface area (Å²) in [6.45, 7) is 15.0. The summed E-state index contributed by atoms with van der Waals surface area (Å²) in [5.41, 5.74) is 4.57. The minimum Gasteiger partial charge on any atom is -0.290 e. The van der Waals surface area contributed by atoms with Gasteiger partial charge in [-0.1, -0.05) is 24.3 Å². The third-order valence-corrected chi connectivity index (χ3v) is 1.83. The van der Waals surface area contributed by atoms with Crippen molar-refractivity contribution in [1.82, 2.24) is 0 Å². The molecule has 0 fully saturated rings. The van der Waals surface area contributed by atoms with Gasteiger partial charge < -0.3 is 0 Å². The predicted octanol–water partition coefficient (Wildman–Crippen LogP) is 3.94. The highest BCUT2D eigenvalue weighted by atomic mass is 14.7. The minimum absolute atomic E-state index is 0.825. The van der Waals surface area contributed by atoms with Crippen LogP contribution in [0.15, 0.2) is 40.4 Å². The van der Waals surface area contributed by atoms with E-state index in [0.717, 1.165) is 23.4 Å². The molecule has 0 spiro atoms. The van der Waals surface area contributed by atoms with Crippen LogP contribution in [0.4, 0.5) is 0 Å². The molecule has 0 atom stereocenters. The SMILES string of the molecule is C=C(C)/C(=C\C=C(C)C)C(C)=NCC. The molecule has 0 heterocycles. The van der Waals surface area contributed by atoms with Gasteiger partial charge in [-0.05, 0) is 45.8 Å². The Morgan fingerprint density at radius 1 is 1.14 bits per heavy atom. The largest absolute Gasteiger partial charge is 0.290 e. The average molecular weight is 191 g/mol. The minimum atomic E-state index is 0.825. The van der Waals surface area contributed by atoms with Gasteiger partial charge in [0.25, 0.3) is 0 Å². The molecular weight excluding hydrogens is 170 g/mol. The Hall–Kier alpha value is -1.11. The molecule has 0 saturated carbocycles. The van der Waals surface area contributed by atoms with Crippen molar-refractivity contribution in [3.63, 3.8) is 0 Å². The van der Waals surface area contributed by atoms with Crippen molar-refractivity contribution >= 4 is 5.71 Å². The summed E-state index contributed by atoms with van der Waals surface area (Å²) in [4.78, 5) is 4.38. The number of rotatable bonds is 4. The van der Waals surface area contributed by atoms with E-state index in [4.69, 9.17) is 0 Å². The van der Waals surface area contributed by atoms with Crippen LogP contribution < -0.4 is 0 Å². The van der Waals surface area contributed by atoms with Crippen LogP contribution in [0.3, 0.4) is 0 Å². The molecule has 78 valence electrons. The summed E-state index contributed by atoms with van der Waals surface area (Å²) in [6, 6.07) is 0. The highest BCUT2D eigenvalue weighted by Gasteiger charge is 2.00. The maximum Gasteiger partial charge on any atom is 0.0391 e. The second-order valence-electron chi connectivity index (χ2n) is 3.66. The fourth-order valence-corrected chi connectivity index (χ4v) is 1.14. The smallest absolute Gasteiger partial charge is 0.0391 e. The van der Waals surface area contributed by atoms with Gasteiger partial charge in [-0.3, -0.25) is 4.99 Å². The molecule has 0 saturated heterocycles. The first-order valence-electron chi connectivity index (χ1n) is 5.01. The van der Waals surface area contributed by atoms with Crippen molar-refractivity contribution < 1.29 is 0 Å². The van der Waals surface area contributed by atoms with Crippen LogP contribution in [0.25, 0.3) is 0 Å². The van der Waals surface area contributed by atoms with Crippen LogP contribution in [0.2, 0.25) is 0 Å². The molecule has 0 aromatic heterocycles. The van der Waals surface area contributed by atoms with Crippen LogP contribution >= 0.6 is 0 Å². The maximum absolute atomic E-state index is 4.38. The zero-order valence-corrected chi connectivity index (χ0v) is 10.0. The van der Waals surface area contributed by atoms with Crippen molar-refractivity contribution in [2.45, 2.75) is 34.6 Å². The number of allylic oxidation sites excluding steroid dienone is 5. The fraction of sp³-hybridized carbons (Fsp3) is 0.462. The van der Waals surface area contributed by atoms with Crippen molar-refractivity contribution in [3.05, 3.63) is 35.5 Å². The molecule has 0 amide bonds. The number of aliphatic imine (C=N–C) groups is 1. The van der Waals surface area contributed by atoms with Crippen LogP contribution in [0.5, 0.6) is 0 Å². The van der Waals surface area contributed by atoms with E-state index in [1.165, 1.54) is 5.57 Å². The summed E-state index contributed by atoms with van der Waals surface area (Å²) in [5.74, 6) is 0. The van der Waals surface area contributed by atoms with Crippen LogP contribution in [-0.2, 0) is 0 Å². The Bertz CT molecular complexity index is 286. The Kier molecular flexibility index (Phi) is 5.86. The molecule has 0 aromatic carbocycles. The molecule has 1 nitrogen and oxygen atoms in total. The van der Waals surface area contributed by atoms with E-state index in [9.17, 15) is 0 Å². The quantitative estimate of drug-likeness (QED) is 0.471. The van der Waals surface area contributed by atoms with Gasteiger partial charge in [-0.15, -0.1) is 0 Å². The Morgan fingerprint density at radius 2 is 1.71 bits per heavy atom. The van der Waals surface area contributed by atoms with Gasteiger partial charge in [0, 0.05) is 12.3 Å². The number of hydrogen-bond donors (Lipinski definition) is 0. The highest BCUT2D eigenvalue weighted by Crippen LogP contribution is 2.10. The molecule has 0 radical (unpaired) electrons. The van der Waals surface area contributed by atoms with Gasteiger partial charge in [0.1, 0.15) is 0 Å². The maximum atomic E-state index is 4.38. The van der Waals surface area contributed by atoms with E-state index in [1.54, 1.807) is 0 Å². The van der Waals surface area contributed by atoms with E-state index in [1.807, 2.05) is 20.8 Å². The molecule has 14 heavy (non-hydrogen) atoms. The van der Waals surface area contributed by atoms with Gasteiger partial charge in [0.05, 0.1) is 0 Å². The normalized spacial score (nSPS) is 12.6. The summed E-state index contributed by atoms with van der Waals surface area (Å²) in [6.07, 6.45) is 4.19. The lowest BCUT2D eigenvalue weighted by Gasteiger charge is -2.05. The van der Waals surface area contributed by atoms with Crippen molar-refractivity contribution in [2.24, 2.45) is 4.99 Å². The van der Waals surface area contributed by atoms with Crippen molar-refractivity contribution in [1.29, 1.82) is 0 Å². The second kappa shape index (κ2) is 6.36. The van der Waals surface area contributed by atoms with Crippen LogP contribution in [-0.4, -0.2) is 12.3 Å². The Balaban J connectivity index is 4.96. The van der Waals surface area contributed by atoms with Gasteiger partial charge in [-0.25, -0.2) is 0 Å². The summed E-state index contributed by atoms with van der Waals surface area (Å²) < 4.78 is 0. The Morgan fingerprint density at radius 3 is 2.07 bits per heavy atom.